The Morgan fingerprint density at radius 1 is 1.13 bits per heavy atom. The van der Waals surface area contributed by atoms with Crippen LogP contribution in [0.15, 0.2) is 30.3 Å². The van der Waals surface area contributed by atoms with E-state index in [1.54, 1.807) is 12.0 Å². The molecule has 1 amide bonds. The largest absolute Gasteiger partial charge is 0.467 e. The molecule has 0 bridgehead atoms. The molecule has 0 N–H and O–H groups in total. The minimum atomic E-state index is -1.22. The maximum atomic E-state index is 12.6. The van der Waals surface area contributed by atoms with Crippen LogP contribution in [0.4, 0.5) is 4.79 Å². The second kappa shape index (κ2) is 11.7. The number of ether oxygens (including phenoxy) is 4. The Bertz CT molecular complexity index is 1310. The number of nitrogens with zero attached hydrogens (tertiary/aromatic N) is 4. The molecule has 9 nitrogen and oxygen atoms in total. The first-order valence-electron chi connectivity index (χ1n) is 13.5. The standard InChI is InChI=1S/C29H42N4O5Si/c1-20-23-15-24(22-11-9-10-12-25(22)37-19-35-5)30-31-27(23)33(18-36-13-14-39(6,7)8)26(20)21-16-32(17-21)28(34)38-29(2,3)4/h9-12,15,21H,13-14,16-19H2,1-8H3. The number of para-hydroxylation sites is 1. The van der Waals surface area contributed by atoms with E-state index in [4.69, 9.17) is 18.9 Å². The molecule has 39 heavy (non-hydrogen) atoms. The number of hydrogen-bond donors (Lipinski definition) is 0. The summed E-state index contributed by atoms with van der Waals surface area (Å²) in [4.78, 5) is 14.4. The number of aromatic nitrogens is 3. The number of benzene rings is 1. The van der Waals surface area contributed by atoms with Gasteiger partial charge in [-0.3, -0.25) is 0 Å². The second-order valence-corrected chi connectivity index (χ2v) is 18.0. The van der Waals surface area contributed by atoms with Crippen molar-refractivity contribution in [3.05, 3.63) is 41.6 Å². The molecule has 0 atom stereocenters. The van der Waals surface area contributed by atoms with Gasteiger partial charge >= 0.3 is 6.09 Å². The summed E-state index contributed by atoms with van der Waals surface area (Å²) in [6.07, 6.45) is -0.278. The Labute approximate surface area is 232 Å². The molecule has 3 heterocycles. The molecule has 2 aromatic heterocycles. The van der Waals surface area contributed by atoms with Gasteiger partial charge in [0.1, 0.15) is 18.1 Å². The molecule has 10 heteroatoms. The normalized spacial score (nSPS) is 14.5. The summed E-state index contributed by atoms with van der Waals surface area (Å²) < 4.78 is 24.8. The molecule has 1 fully saturated rings. The number of aryl methyl sites for hydroxylation is 1. The van der Waals surface area contributed by atoms with Crippen molar-refractivity contribution < 1.29 is 23.7 Å². The highest BCUT2D eigenvalue weighted by molar-refractivity contribution is 6.76. The third-order valence-corrected chi connectivity index (χ3v) is 8.45. The summed E-state index contributed by atoms with van der Waals surface area (Å²) in [5.41, 5.74) is 4.10. The number of likely N-dealkylation sites (tertiary alicyclic amines) is 1. The molecule has 1 aromatic carbocycles. The lowest BCUT2D eigenvalue weighted by molar-refractivity contribution is 0.00677. The fraction of sp³-hybridized carbons (Fsp3) is 0.552. The lowest BCUT2D eigenvalue weighted by Gasteiger charge is -2.40. The Morgan fingerprint density at radius 3 is 2.51 bits per heavy atom. The predicted octanol–water partition coefficient (Wildman–Crippen LogP) is 6.04. The molecule has 1 aliphatic heterocycles. The van der Waals surface area contributed by atoms with Gasteiger partial charge in [0.2, 0.25) is 0 Å². The van der Waals surface area contributed by atoms with Gasteiger partial charge in [0.05, 0.1) is 5.69 Å². The third kappa shape index (κ3) is 6.98. The number of carbonyl (C=O) groups is 1. The lowest BCUT2D eigenvalue weighted by Crippen LogP contribution is -2.50. The molecule has 212 valence electrons. The van der Waals surface area contributed by atoms with Gasteiger partial charge in [-0.05, 0) is 57.5 Å². The highest BCUT2D eigenvalue weighted by Crippen LogP contribution is 2.37. The fourth-order valence-electron chi connectivity index (χ4n) is 4.69. The zero-order valence-corrected chi connectivity index (χ0v) is 25.5. The molecule has 0 saturated carbocycles. The van der Waals surface area contributed by atoms with Crippen LogP contribution in [-0.4, -0.2) is 73.0 Å². The first-order valence-corrected chi connectivity index (χ1v) is 17.2. The fourth-order valence-corrected chi connectivity index (χ4v) is 5.45. The van der Waals surface area contributed by atoms with Gasteiger partial charge in [0.25, 0.3) is 0 Å². The van der Waals surface area contributed by atoms with Crippen molar-refractivity contribution in [3.63, 3.8) is 0 Å². The molecule has 0 aliphatic carbocycles. The Morgan fingerprint density at radius 2 is 1.85 bits per heavy atom. The number of methoxy groups -OCH3 is 1. The van der Waals surface area contributed by atoms with E-state index in [1.165, 1.54) is 0 Å². The van der Waals surface area contributed by atoms with Gasteiger partial charge in [-0.1, -0.05) is 31.8 Å². The third-order valence-electron chi connectivity index (χ3n) is 6.74. The van der Waals surface area contributed by atoms with E-state index in [0.717, 1.165) is 39.6 Å². The van der Waals surface area contributed by atoms with Crippen LogP contribution in [0.1, 0.15) is 37.9 Å². The topological polar surface area (TPSA) is 87.9 Å². The van der Waals surface area contributed by atoms with Crippen molar-refractivity contribution in [3.8, 4) is 17.0 Å². The number of amides is 1. The number of hydrogen-bond acceptors (Lipinski definition) is 7. The molecular formula is C29H42N4O5Si. The SMILES string of the molecule is COCOc1ccccc1-c1cc2c(C)c(C3CN(C(=O)OC(C)(C)C)C3)n(COCC[Si](C)(C)C)c2nn1. The van der Waals surface area contributed by atoms with Crippen molar-refractivity contribution in [1.29, 1.82) is 0 Å². The summed E-state index contributed by atoms with van der Waals surface area (Å²) in [5.74, 6) is 0.847. The molecule has 1 saturated heterocycles. The zero-order chi connectivity index (χ0) is 28.4. The quantitative estimate of drug-likeness (QED) is 0.172. The monoisotopic (exact) mass is 554 g/mol. The van der Waals surface area contributed by atoms with Crippen LogP contribution in [-0.2, 0) is 20.9 Å². The maximum absolute atomic E-state index is 12.6. The van der Waals surface area contributed by atoms with Crippen molar-refractivity contribution in [2.24, 2.45) is 0 Å². The molecule has 4 rings (SSSR count). The zero-order valence-electron chi connectivity index (χ0n) is 24.5. The lowest BCUT2D eigenvalue weighted by atomic mass is 9.93. The average molecular weight is 555 g/mol. The summed E-state index contributed by atoms with van der Waals surface area (Å²) in [7, 11) is 0.378. The van der Waals surface area contributed by atoms with E-state index in [1.807, 2.05) is 45.0 Å². The first-order chi connectivity index (χ1) is 18.4. The summed E-state index contributed by atoms with van der Waals surface area (Å²) >= 11 is 0. The van der Waals surface area contributed by atoms with Crippen molar-refractivity contribution >= 4 is 25.2 Å². The average Bonchev–Trinajstić information content (AvgIpc) is 3.09. The van der Waals surface area contributed by atoms with Crippen LogP contribution in [0.25, 0.3) is 22.3 Å². The van der Waals surface area contributed by atoms with Gasteiger partial charge in [-0.2, -0.15) is 0 Å². The van der Waals surface area contributed by atoms with E-state index in [2.05, 4.69) is 47.4 Å². The van der Waals surface area contributed by atoms with E-state index in [9.17, 15) is 4.79 Å². The molecule has 0 spiro atoms. The van der Waals surface area contributed by atoms with Crippen LogP contribution >= 0.6 is 0 Å². The van der Waals surface area contributed by atoms with E-state index >= 15 is 0 Å². The molecular weight excluding hydrogens is 512 g/mol. The van der Waals surface area contributed by atoms with E-state index in [-0.39, 0.29) is 18.8 Å². The van der Waals surface area contributed by atoms with Crippen molar-refractivity contribution in [2.75, 3.05) is 33.6 Å². The molecule has 0 radical (unpaired) electrons. The first kappa shape index (κ1) is 29.0. The number of rotatable bonds is 10. The van der Waals surface area contributed by atoms with Gasteiger partial charge in [-0.25, -0.2) is 4.79 Å². The predicted molar refractivity (Wildman–Crippen MR) is 155 cm³/mol. The van der Waals surface area contributed by atoms with E-state index in [0.29, 0.717) is 32.2 Å². The highest BCUT2D eigenvalue weighted by Gasteiger charge is 2.38. The van der Waals surface area contributed by atoms with Crippen LogP contribution in [0.5, 0.6) is 5.75 Å². The number of carbonyl (C=O) groups excluding carboxylic acids is 1. The van der Waals surface area contributed by atoms with Gasteiger partial charge in [-0.15, -0.1) is 10.2 Å². The van der Waals surface area contributed by atoms with Crippen LogP contribution in [0.2, 0.25) is 25.7 Å². The van der Waals surface area contributed by atoms with Crippen LogP contribution < -0.4 is 4.74 Å². The summed E-state index contributed by atoms with van der Waals surface area (Å²) in [6, 6.07) is 10.9. The van der Waals surface area contributed by atoms with Gasteiger partial charge in [0.15, 0.2) is 12.4 Å². The second-order valence-electron chi connectivity index (χ2n) is 12.4. The molecule has 1 aliphatic rings. The van der Waals surface area contributed by atoms with E-state index < -0.39 is 13.7 Å². The van der Waals surface area contributed by atoms with Crippen LogP contribution in [0, 0.1) is 6.92 Å². The van der Waals surface area contributed by atoms with Crippen molar-refractivity contribution in [1.82, 2.24) is 19.7 Å². The number of fused-ring (bicyclic) bond motifs is 1. The summed E-state index contributed by atoms with van der Waals surface area (Å²) in [5, 5.41) is 10.3. The van der Waals surface area contributed by atoms with Gasteiger partial charge < -0.3 is 28.4 Å². The molecule has 0 unspecified atom stereocenters. The minimum Gasteiger partial charge on any atom is -0.467 e. The Kier molecular flexibility index (Phi) is 8.68. The molecule has 3 aromatic rings. The smallest absolute Gasteiger partial charge is 0.410 e. The maximum Gasteiger partial charge on any atom is 0.410 e. The Hall–Kier alpha value is -2.95. The van der Waals surface area contributed by atoms with Crippen LogP contribution in [0.3, 0.4) is 0 Å². The highest BCUT2D eigenvalue weighted by atomic mass is 28.3. The summed E-state index contributed by atoms with van der Waals surface area (Å²) in [6.45, 7) is 17.2. The van der Waals surface area contributed by atoms with Crippen molar-refractivity contribution in [2.45, 2.75) is 71.6 Å². The minimum absolute atomic E-state index is 0.150. The Balaban J connectivity index is 1.66. The van der Waals surface area contributed by atoms with Gasteiger partial charge in [0, 0.05) is 57.4 Å².